The highest BCUT2D eigenvalue weighted by Crippen LogP contribution is 2.37. The molecule has 1 aromatic carbocycles. The van der Waals surface area contributed by atoms with Gasteiger partial charge in [-0.3, -0.25) is 14.8 Å². The van der Waals surface area contributed by atoms with Gasteiger partial charge in [0.05, 0.1) is 18.4 Å². The van der Waals surface area contributed by atoms with Crippen LogP contribution in [0, 0.1) is 0 Å². The molecule has 0 unspecified atom stereocenters. The zero-order valence-electron chi connectivity index (χ0n) is 18.1. The maximum absolute atomic E-state index is 13.6. The Balaban J connectivity index is 1.59. The second kappa shape index (κ2) is 8.54. The third kappa shape index (κ3) is 3.80. The number of ether oxygens (including phenoxy) is 1. The molecule has 1 aliphatic heterocycles. The SMILES string of the molecule is COc1ccccc1NC(=O)C1=C(C)Nc2nc(-c3ccncc3)nn2[C@@H]1c1cccnc1. The second-order valence-corrected chi connectivity index (χ2v) is 7.45. The molecule has 9 nitrogen and oxygen atoms in total. The summed E-state index contributed by atoms with van der Waals surface area (Å²) in [5.74, 6) is 1.38. The van der Waals surface area contributed by atoms with Gasteiger partial charge in [-0.1, -0.05) is 18.2 Å². The first kappa shape index (κ1) is 20.4. The zero-order valence-corrected chi connectivity index (χ0v) is 18.1. The zero-order chi connectivity index (χ0) is 22.8. The van der Waals surface area contributed by atoms with Crippen LogP contribution < -0.4 is 15.4 Å². The average Bonchev–Trinajstić information content (AvgIpc) is 3.28. The van der Waals surface area contributed by atoms with E-state index in [0.29, 0.717) is 34.5 Å². The largest absolute Gasteiger partial charge is 0.495 e. The molecule has 0 aliphatic carbocycles. The van der Waals surface area contributed by atoms with Crippen molar-refractivity contribution in [1.29, 1.82) is 0 Å². The lowest BCUT2D eigenvalue weighted by Crippen LogP contribution is -2.31. The van der Waals surface area contributed by atoms with Crippen molar-refractivity contribution >= 4 is 17.5 Å². The molecule has 2 N–H and O–H groups in total. The van der Waals surface area contributed by atoms with Crippen molar-refractivity contribution in [3.63, 3.8) is 0 Å². The second-order valence-electron chi connectivity index (χ2n) is 7.45. The highest BCUT2D eigenvalue weighted by Gasteiger charge is 2.34. The van der Waals surface area contributed by atoms with Gasteiger partial charge in [0.1, 0.15) is 11.8 Å². The van der Waals surface area contributed by atoms with E-state index in [0.717, 1.165) is 11.1 Å². The summed E-state index contributed by atoms with van der Waals surface area (Å²) < 4.78 is 7.11. The molecule has 0 radical (unpaired) electrons. The summed E-state index contributed by atoms with van der Waals surface area (Å²) in [5.41, 5.74) is 3.41. The Kier molecular flexibility index (Phi) is 5.27. The van der Waals surface area contributed by atoms with Crippen LogP contribution in [0.2, 0.25) is 0 Å². The van der Waals surface area contributed by atoms with Gasteiger partial charge >= 0.3 is 0 Å². The minimum Gasteiger partial charge on any atom is -0.495 e. The normalized spacial score (nSPS) is 14.9. The van der Waals surface area contributed by atoms with Crippen molar-refractivity contribution in [3.8, 4) is 17.1 Å². The fourth-order valence-electron chi connectivity index (χ4n) is 3.85. The number of carbonyl (C=O) groups excluding carboxylic acids is 1. The first-order valence-corrected chi connectivity index (χ1v) is 10.3. The number of allylic oxidation sites excluding steroid dienone is 1. The number of rotatable bonds is 5. The molecule has 0 fully saturated rings. The van der Waals surface area contributed by atoms with Crippen molar-refractivity contribution in [1.82, 2.24) is 24.7 Å². The minimum atomic E-state index is -0.521. The Morgan fingerprint density at radius 3 is 2.64 bits per heavy atom. The molecule has 33 heavy (non-hydrogen) atoms. The van der Waals surface area contributed by atoms with Crippen LogP contribution in [0.15, 0.2) is 84.6 Å². The van der Waals surface area contributed by atoms with E-state index < -0.39 is 6.04 Å². The number of carbonyl (C=O) groups is 1. The Labute approximate surface area is 190 Å². The lowest BCUT2D eigenvalue weighted by Gasteiger charge is -2.28. The molecule has 1 aliphatic rings. The number of benzene rings is 1. The van der Waals surface area contributed by atoms with E-state index >= 15 is 0 Å². The quantitative estimate of drug-likeness (QED) is 0.489. The topological polar surface area (TPSA) is 107 Å². The molecule has 0 saturated heterocycles. The summed E-state index contributed by atoms with van der Waals surface area (Å²) in [7, 11) is 1.57. The summed E-state index contributed by atoms with van der Waals surface area (Å²) in [6.45, 7) is 1.85. The van der Waals surface area contributed by atoms with Gasteiger partial charge < -0.3 is 15.4 Å². The van der Waals surface area contributed by atoms with Crippen LogP contribution >= 0.6 is 0 Å². The predicted molar refractivity (Wildman–Crippen MR) is 124 cm³/mol. The van der Waals surface area contributed by atoms with Crippen molar-refractivity contribution in [3.05, 3.63) is 90.2 Å². The van der Waals surface area contributed by atoms with Gasteiger partial charge in [0.2, 0.25) is 5.95 Å². The number of hydrogen-bond acceptors (Lipinski definition) is 7. The van der Waals surface area contributed by atoms with Gasteiger partial charge in [0.15, 0.2) is 5.82 Å². The first-order valence-electron chi connectivity index (χ1n) is 10.3. The summed E-state index contributed by atoms with van der Waals surface area (Å²) in [6.07, 6.45) is 6.81. The molecule has 1 amide bonds. The van der Waals surface area contributed by atoms with Gasteiger partial charge in [0, 0.05) is 36.0 Å². The maximum atomic E-state index is 13.6. The number of hydrogen-bond donors (Lipinski definition) is 2. The van der Waals surface area contributed by atoms with E-state index in [4.69, 9.17) is 9.84 Å². The van der Waals surface area contributed by atoms with E-state index in [1.165, 1.54) is 0 Å². The number of methoxy groups -OCH3 is 1. The molecule has 9 heteroatoms. The molecule has 4 aromatic rings. The van der Waals surface area contributed by atoms with Crippen LogP contribution in [-0.4, -0.2) is 37.7 Å². The fourth-order valence-corrected chi connectivity index (χ4v) is 3.85. The Bertz CT molecular complexity index is 1330. The highest BCUT2D eigenvalue weighted by molar-refractivity contribution is 6.06. The molecular weight excluding hydrogens is 418 g/mol. The molecule has 0 bridgehead atoms. The van der Waals surface area contributed by atoms with Crippen molar-refractivity contribution in [2.24, 2.45) is 0 Å². The van der Waals surface area contributed by atoms with Gasteiger partial charge in [-0.05, 0) is 42.8 Å². The first-order chi connectivity index (χ1) is 16.2. The summed E-state index contributed by atoms with van der Waals surface area (Å²) in [4.78, 5) is 26.5. The Morgan fingerprint density at radius 1 is 1.06 bits per heavy atom. The molecule has 4 heterocycles. The summed E-state index contributed by atoms with van der Waals surface area (Å²) in [6, 6.07) is 14.2. The van der Waals surface area contributed by atoms with E-state index in [-0.39, 0.29) is 5.91 Å². The number of fused-ring (bicyclic) bond motifs is 1. The number of para-hydroxylation sites is 2. The molecule has 0 spiro atoms. The number of amides is 1. The molecule has 1 atom stereocenters. The molecular formula is C24H21N7O2. The van der Waals surface area contributed by atoms with Crippen molar-refractivity contribution < 1.29 is 9.53 Å². The minimum absolute atomic E-state index is 0.273. The molecule has 164 valence electrons. The summed E-state index contributed by atoms with van der Waals surface area (Å²) in [5, 5.41) is 10.9. The highest BCUT2D eigenvalue weighted by atomic mass is 16.5. The van der Waals surface area contributed by atoms with Gasteiger partial charge in [0.25, 0.3) is 5.91 Å². The lowest BCUT2D eigenvalue weighted by molar-refractivity contribution is -0.113. The number of anilines is 2. The average molecular weight is 439 g/mol. The number of pyridine rings is 2. The standard InChI is InChI=1S/C24H21N7O2/c1-15-20(23(32)28-18-7-3-4-8-19(18)33-2)21(17-6-5-11-26-14-17)31-24(27-15)29-22(30-31)16-9-12-25-13-10-16/h3-14,21H,1-2H3,(H,28,32)(H,27,29,30)/t21-/m1/s1. The van der Waals surface area contributed by atoms with Gasteiger partial charge in [-0.2, -0.15) is 4.98 Å². The van der Waals surface area contributed by atoms with Crippen LogP contribution in [0.25, 0.3) is 11.4 Å². The fraction of sp³-hybridized carbons (Fsp3) is 0.125. The van der Waals surface area contributed by atoms with Crippen molar-refractivity contribution in [2.45, 2.75) is 13.0 Å². The molecule has 5 rings (SSSR count). The van der Waals surface area contributed by atoms with Gasteiger partial charge in [-0.25, -0.2) is 4.68 Å². The van der Waals surface area contributed by atoms with Crippen LogP contribution in [0.5, 0.6) is 5.75 Å². The van der Waals surface area contributed by atoms with Gasteiger partial charge in [-0.15, -0.1) is 5.10 Å². The Hall–Kier alpha value is -4.53. The number of nitrogens with one attached hydrogen (secondary N) is 2. The van der Waals surface area contributed by atoms with Crippen molar-refractivity contribution in [2.75, 3.05) is 17.7 Å². The monoisotopic (exact) mass is 439 g/mol. The number of nitrogens with zero attached hydrogens (tertiary/aromatic N) is 5. The van der Waals surface area contributed by atoms with Crippen LogP contribution in [0.3, 0.4) is 0 Å². The maximum Gasteiger partial charge on any atom is 0.255 e. The summed E-state index contributed by atoms with van der Waals surface area (Å²) >= 11 is 0. The van der Waals surface area contributed by atoms with E-state index in [9.17, 15) is 4.79 Å². The number of aromatic nitrogens is 5. The lowest BCUT2D eigenvalue weighted by atomic mass is 9.96. The van der Waals surface area contributed by atoms with Crippen LogP contribution in [0.4, 0.5) is 11.6 Å². The third-order valence-corrected chi connectivity index (χ3v) is 5.39. The Morgan fingerprint density at radius 2 is 1.88 bits per heavy atom. The van der Waals surface area contributed by atoms with E-state index in [1.54, 1.807) is 48.7 Å². The third-order valence-electron chi connectivity index (χ3n) is 5.39. The molecule has 3 aromatic heterocycles. The molecule has 0 saturated carbocycles. The smallest absolute Gasteiger partial charge is 0.255 e. The van der Waals surface area contributed by atoms with Crippen LogP contribution in [-0.2, 0) is 4.79 Å². The van der Waals surface area contributed by atoms with Crippen LogP contribution in [0.1, 0.15) is 18.5 Å². The predicted octanol–water partition coefficient (Wildman–Crippen LogP) is 3.67. The van der Waals surface area contributed by atoms with E-state index in [2.05, 4.69) is 25.6 Å². The van der Waals surface area contributed by atoms with E-state index in [1.807, 2.05) is 43.3 Å².